The molecule has 1 saturated heterocycles. The number of likely N-dealkylation sites (tertiary alicyclic amines) is 1. The third-order valence-electron chi connectivity index (χ3n) is 6.16. The molecule has 2 aliphatic rings. The van der Waals surface area contributed by atoms with E-state index >= 15 is 0 Å². The fourth-order valence-electron chi connectivity index (χ4n) is 4.44. The molecule has 2 aromatic carbocycles. The van der Waals surface area contributed by atoms with E-state index in [1.165, 1.54) is 13.2 Å². The van der Waals surface area contributed by atoms with Crippen LogP contribution in [0.1, 0.15) is 41.3 Å². The van der Waals surface area contributed by atoms with E-state index in [-0.39, 0.29) is 29.4 Å². The first-order valence-electron chi connectivity index (χ1n) is 10.7. The van der Waals surface area contributed by atoms with Crippen molar-refractivity contribution in [1.82, 2.24) is 10.2 Å². The van der Waals surface area contributed by atoms with E-state index in [1.807, 2.05) is 18.2 Å². The lowest BCUT2D eigenvalue weighted by atomic mass is 10.0. The van der Waals surface area contributed by atoms with Gasteiger partial charge >= 0.3 is 0 Å². The lowest BCUT2D eigenvalue weighted by molar-refractivity contribution is -0.116. The molecule has 2 amide bonds. The van der Waals surface area contributed by atoms with Crippen LogP contribution in [0.25, 0.3) is 0 Å². The van der Waals surface area contributed by atoms with Crippen molar-refractivity contribution < 1.29 is 18.7 Å². The lowest BCUT2D eigenvalue weighted by Gasteiger charge is -2.32. The predicted octanol–water partition coefficient (Wildman–Crippen LogP) is 3.14. The number of fused-ring (bicyclic) bond motifs is 1. The van der Waals surface area contributed by atoms with Crippen LogP contribution in [0, 0.1) is 5.82 Å². The lowest BCUT2D eigenvalue weighted by Crippen LogP contribution is -2.44. The Morgan fingerprint density at radius 1 is 1.13 bits per heavy atom. The van der Waals surface area contributed by atoms with Crippen molar-refractivity contribution in [2.24, 2.45) is 0 Å². The first-order chi connectivity index (χ1) is 14.9. The minimum atomic E-state index is -0.345. The Morgan fingerprint density at radius 3 is 2.58 bits per heavy atom. The SMILES string of the molecule is COc1ccc(CN2CCC(NC(=O)c3ccc4c(c3)CCN4C(C)=O)CC2)cc1F. The fraction of sp³-hybridized carbons (Fsp3) is 0.417. The van der Waals surface area contributed by atoms with E-state index in [9.17, 15) is 14.0 Å². The van der Waals surface area contributed by atoms with Gasteiger partial charge in [0.05, 0.1) is 7.11 Å². The van der Waals surface area contributed by atoms with Gasteiger partial charge < -0.3 is 15.0 Å². The van der Waals surface area contributed by atoms with E-state index < -0.39 is 0 Å². The van der Waals surface area contributed by atoms with E-state index in [0.717, 1.165) is 49.2 Å². The zero-order chi connectivity index (χ0) is 22.0. The minimum absolute atomic E-state index is 0.0279. The quantitative estimate of drug-likeness (QED) is 0.800. The molecule has 2 aliphatic heterocycles. The number of anilines is 1. The van der Waals surface area contributed by atoms with Crippen LogP contribution in [0.3, 0.4) is 0 Å². The maximum atomic E-state index is 13.9. The highest BCUT2D eigenvalue weighted by Gasteiger charge is 2.25. The number of nitrogens with one attached hydrogen (secondary N) is 1. The average molecular weight is 426 g/mol. The third kappa shape index (κ3) is 4.71. The highest BCUT2D eigenvalue weighted by Crippen LogP contribution is 2.29. The van der Waals surface area contributed by atoms with Crippen molar-refractivity contribution in [3.63, 3.8) is 0 Å². The van der Waals surface area contributed by atoms with Crippen molar-refractivity contribution in [2.45, 2.75) is 38.8 Å². The number of piperidine rings is 1. The average Bonchev–Trinajstić information content (AvgIpc) is 3.19. The van der Waals surface area contributed by atoms with Crippen LogP contribution in [0.5, 0.6) is 5.75 Å². The molecule has 0 radical (unpaired) electrons. The molecule has 31 heavy (non-hydrogen) atoms. The molecule has 0 aromatic heterocycles. The second-order valence-corrected chi connectivity index (χ2v) is 8.26. The molecule has 0 saturated carbocycles. The van der Waals surface area contributed by atoms with Gasteiger partial charge in [-0.3, -0.25) is 14.5 Å². The first-order valence-corrected chi connectivity index (χ1v) is 10.7. The number of carbonyl (C=O) groups excluding carboxylic acids is 2. The van der Waals surface area contributed by atoms with Crippen LogP contribution in [0.2, 0.25) is 0 Å². The van der Waals surface area contributed by atoms with Gasteiger partial charge in [0, 0.05) is 50.4 Å². The molecule has 6 nitrogen and oxygen atoms in total. The van der Waals surface area contributed by atoms with Crippen LogP contribution < -0.4 is 15.0 Å². The topological polar surface area (TPSA) is 61.9 Å². The molecule has 0 spiro atoms. The number of amides is 2. The van der Waals surface area contributed by atoms with Crippen LogP contribution >= 0.6 is 0 Å². The van der Waals surface area contributed by atoms with Crippen molar-refractivity contribution >= 4 is 17.5 Å². The fourth-order valence-corrected chi connectivity index (χ4v) is 4.44. The highest BCUT2D eigenvalue weighted by molar-refractivity contribution is 5.98. The van der Waals surface area contributed by atoms with Crippen LogP contribution in [0.4, 0.5) is 10.1 Å². The summed E-state index contributed by atoms with van der Waals surface area (Å²) in [6, 6.07) is 10.8. The molecule has 2 heterocycles. The molecular formula is C24H28FN3O3. The van der Waals surface area contributed by atoms with Gasteiger partial charge in [0.15, 0.2) is 11.6 Å². The molecule has 164 valence electrons. The van der Waals surface area contributed by atoms with Gasteiger partial charge in [0.1, 0.15) is 0 Å². The number of hydrogen-bond acceptors (Lipinski definition) is 4. The standard InChI is InChI=1S/C24H28FN3O3/c1-16(29)28-12-7-18-14-19(4-5-22(18)28)24(30)26-20-8-10-27(11-9-20)15-17-3-6-23(31-2)21(25)13-17/h3-6,13-14,20H,7-12,15H2,1-2H3,(H,26,30). The summed E-state index contributed by atoms with van der Waals surface area (Å²) in [5, 5.41) is 3.15. The molecule has 1 fully saturated rings. The van der Waals surface area contributed by atoms with Crippen molar-refractivity contribution in [1.29, 1.82) is 0 Å². The van der Waals surface area contributed by atoms with Crippen molar-refractivity contribution in [3.8, 4) is 5.75 Å². The Labute approximate surface area is 182 Å². The second kappa shape index (κ2) is 9.06. The first kappa shape index (κ1) is 21.3. The van der Waals surface area contributed by atoms with Crippen molar-refractivity contribution in [2.75, 3.05) is 31.6 Å². The summed E-state index contributed by atoms with van der Waals surface area (Å²) in [5.74, 6) is -0.131. The maximum absolute atomic E-state index is 13.9. The molecule has 2 aromatic rings. The zero-order valence-electron chi connectivity index (χ0n) is 18.0. The zero-order valence-corrected chi connectivity index (χ0v) is 18.0. The number of methoxy groups -OCH3 is 1. The largest absolute Gasteiger partial charge is 0.494 e. The van der Waals surface area contributed by atoms with Crippen LogP contribution in [-0.4, -0.2) is 49.5 Å². The second-order valence-electron chi connectivity index (χ2n) is 8.26. The summed E-state index contributed by atoms with van der Waals surface area (Å²) in [5.41, 5.74) is 3.51. The number of carbonyl (C=O) groups is 2. The molecule has 0 bridgehead atoms. The highest BCUT2D eigenvalue weighted by atomic mass is 19.1. The number of benzene rings is 2. The van der Waals surface area contributed by atoms with Crippen LogP contribution in [-0.2, 0) is 17.8 Å². The van der Waals surface area contributed by atoms with Gasteiger partial charge in [0.2, 0.25) is 5.91 Å². The Bertz CT molecular complexity index is 986. The van der Waals surface area contributed by atoms with Gasteiger partial charge in [-0.2, -0.15) is 0 Å². The van der Waals surface area contributed by atoms with Gasteiger partial charge in [-0.25, -0.2) is 4.39 Å². The minimum Gasteiger partial charge on any atom is -0.494 e. The smallest absolute Gasteiger partial charge is 0.251 e. The Kier molecular flexibility index (Phi) is 6.23. The van der Waals surface area contributed by atoms with E-state index in [1.54, 1.807) is 24.0 Å². The van der Waals surface area contributed by atoms with E-state index in [2.05, 4.69) is 10.2 Å². The molecule has 0 unspecified atom stereocenters. The summed E-state index contributed by atoms with van der Waals surface area (Å²) in [4.78, 5) is 28.5. The van der Waals surface area contributed by atoms with Crippen LogP contribution in [0.15, 0.2) is 36.4 Å². The number of nitrogens with zero attached hydrogens (tertiary/aromatic N) is 2. The Balaban J connectivity index is 1.29. The molecule has 0 aliphatic carbocycles. The molecule has 4 rings (SSSR count). The summed E-state index contributed by atoms with van der Waals surface area (Å²) < 4.78 is 18.9. The number of halogens is 1. The predicted molar refractivity (Wildman–Crippen MR) is 117 cm³/mol. The van der Waals surface area contributed by atoms with Gasteiger partial charge in [0.25, 0.3) is 5.91 Å². The maximum Gasteiger partial charge on any atom is 0.251 e. The summed E-state index contributed by atoms with van der Waals surface area (Å²) in [6.07, 6.45) is 2.49. The van der Waals surface area contributed by atoms with Gasteiger partial charge in [-0.15, -0.1) is 0 Å². The molecular weight excluding hydrogens is 397 g/mol. The summed E-state index contributed by atoms with van der Waals surface area (Å²) in [6.45, 7) is 4.60. The summed E-state index contributed by atoms with van der Waals surface area (Å²) >= 11 is 0. The van der Waals surface area contributed by atoms with E-state index in [4.69, 9.17) is 4.74 Å². The van der Waals surface area contributed by atoms with Gasteiger partial charge in [-0.05, 0) is 60.7 Å². The van der Waals surface area contributed by atoms with Crippen molar-refractivity contribution in [3.05, 3.63) is 58.9 Å². The molecule has 0 atom stereocenters. The Hall–Kier alpha value is -2.93. The number of hydrogen-bond donors (Lipinski definition) is 1. The Morgan fingerprint density at radius 2 is 1.90 bits per heavy atom. The monoisotopic (exact) mass is 425 g/mol. The van der Waals surface area contributed by atoms with E-state index in [0.29, 0.717) is 18.7 Å². The third-order valence-corrected chi connectivity index (χ3v) is 6.16. The molecule has 7 heteroatoms. The normalized spacial score (nSPS) is 16.8. The number of rotatable bonds is 5. The number of ether oxygens (including phenoxy) is 1. The summed E-state index contributed by atoms with van der Waals surface area (Å²) in [7, 11) is 1.46. The molecule has 1 N–H and O–H groups in total. The van der Waals surface area contributed by atoms with Gasteiger partial charge in [-0.1, -0.05) is 6.07 Å².